The third-order valence-electron chi connectivity index (χ3n) is 2.16. The lowest BCUT2D eigenvalue weighted by atomic mass is 10.4. The number of amides is 1. The quantitative estimate of drug-likeness (QED) is 0.679. The number of thioether (sulfide) groups is 1. The van der Waals surface area contributed by atoms with Gasteiger partial charge in [0.25, 0.3) is 0 Å². The molecule has 1 aromatic heterocycles. The summed E-state index contributed by atoms with van der Waals surface area (Å²) in [5.41, 5.74) is 0. The third kappa shape index (κ3) is 4.49. The summed E-state index contributed by atoms with van der Waals surface area (Å²) >= 11 is 8.71. The zero-order valence-electron chi connectivity index (χ0n) is 10.2. The lowest BCUT2D eigenvalue weighted by Gasteiger charge is -2.00. The third-order valence-corrected chi connectivity index (χ3v) is 4.41. The van der Waals surface area contributed by atoms with E-state index in [1.807, 2.05) is 30.3 Å². The van der Waals surface area contributed by atoms with Gasteiger partial charge in [-0.15, -0.1) is 33.6 Å². The highest BCUT2D eigenvalue weighted by Gasteiger charge is 2.12. The molecule has 0 aliphatic heterocycles. The Kier molecular flexibility index (Phi) is 5.18. The topological polar surface area (TPSA) is 54.9 Å². The second kappa shape index (κ2) is 6.88. The van der Waals surface area contributed by atoms with Crippen molar-refractivity contribution in [2.75, 3.05) is 5.32 Å². The molecule has 1 aromatic carbocycles. The Balaban J connectivity index is 1.89. The van der Waals surface area contributed by atoms with Gasteiger partial charge >= 0.3 is 0 Å². The number of alkyl halides is 1. The van der Waals surface area contributed by atoms with Crippen LogP contribution in [0.25, 0.3) is 0 Å². The van der Waals surface area contributed by atoms with E-state index in [4.69, 9.17) is 11.6 Å². The van der Waals surface area contributed by atoms with Gasteiger partial charge in [0.05, 0.1) is 5.75 Å². The number of benzene rings is 1. The minimum absolute atomic E-state index is 0.264. The van der Waals surface area contributed by atoms with Gasteiger partial charge in [-0.05, 0) is 19.1 Å². The number of nitrogens with one attached hydrogen (secondary N) is 1. The average molecular weight is 314 g/mol. The van der Waals surface area contributed by atoms with Crippen molar-refractivity contribution >= 4 is 45.7 Å². The summed E-state index contributed by atoms with van der Waals surface area (Å²) in [7, 11) is 0. The molecule has 0 fully saturated rings. The first-order chi connectivity index (χ1) is 9.15. The number of aromatic nitrogens is 2. The number of anilines is 1. The van der Waals surface area contributed by atoms with Crippen molar-refractivity contribution in [2.24, 2.45) is 0 Å². The van der Waals surface area contributed by atoms with Crippen molar-refractivity contribution in [1.29, 1.82) is 0 Å². The van der Waals surface area contributed by atoms with Crippen LogP contribution in [0.5, 0.6) is 0 Å². The number of rotatable bonds is 5. The van der Waals surface area contributed by atoms with Gasteiger partial charge in [0.2, 0.25) is 11.0 Å². The van der Waals surface area contributed by atoms with Crippen LogP contribution in [0.4, 0.5) is 5.13 Å². The van der Waals surface area contributed by atoms with E-state index < -0.39 is 5.38 Å². The van der Waals surface area contributed by atoms with Crippen LogP contribution >= 0.6 is 34.7 Å². The normalized spacial score (nSPS) is 12.1. The fraction of sp³-hybridized carbons (Fsp3) is 0.250. The van der Waals surface area contributed by atoms with E-state index >= 15 is 0 Å². The van der Waals surface area contributed by atoms with Crippen LogP contribution in [0, 0.1) is 0 Å². The fourth-order valence-corrected chi connectivity index (χ4v) is 2.93. The minimum atomic E-state index is -0.578. The van der Waals surface area contributed by atoms with E-state index in [1.165, 1.54) is 16.2 Å². The molecule has 0 aliphatic carbocycles. The van der Waals surface area contributed by atoms with Crippen LogP contribution in [0.2, 0.25) is 0 Å². The average Bonchev–Trinajstić information content (AvgIpc) is 2.85. The van der Waals surface area contributed by atoms with Gasteiger partial charge in [0.15, 0.2) is 0 Å². The molecular formula is C12H12ClN3OS2. The Hall–Kier alpha value is -1.11. The summed E-state index contributed by atoms with van der Waals surface area (Å²) in [6.45, 7) is 1.62. The number of hydrogen-bond donors (Lipinski definition) is 1. The highest BCUT2D eigenvalue weighted by atomic mass is 35.5. The van der Waals surface area contributed by atoms with Crippen molar-refractivity contribution in [3.63, 3.8) is 0 Å². The SMILES string of the molecule is CC(Cl)C(=O)Nc1nnc(CSc2ccccc2)s1. The molecule has 0 aliphatic rings. The summed E-state index contributed by atoms with van der Waals surface area (Å²) in [5.74, 6) is 0.466. The van der Waals surface area contributed by atoms with Crippen molar-refractivity contribution in [3.8, 4) is 0 Å². The summed E-state index contributed by atoms with van der Waals surface area (Å²) in [6.07, 6.45) is 0. The lowest BCUT2D eigenvalue weighted by Crippen LogP contribution is -2.20. The van der Waals surface area contributed by atoms with Gasteiger partial charge in [0.1, 0.15) is 10.4 Å². The Morgan fingerprint density at radius 3 is 2.84 bits per heavy atom. The maximum absolute atomic E-state index is 11.4. The molecule has 7 heteroatoms. The fourth-order valence-electron chi connectivity index (χ4n) is 1.23. The molecule has 0 bridgehead atoms. The number of nitrogens with zero attached hydrogens (tertiary/aromatic N) is 2. The summed E-state index contributed by atoms with van der Waals surface area (Å²) < 4.78 is 0. The zero-order valence-corrected chi connectivity index (χ0v) is 12.6. The Morgan fingerprint density at radius 2 is 2.16 bits per heavy atom. The highest BCUT2D eigenvalue weighted by Crippen LogP contribution is 2.25. The molecule has 1 N–H and O–H groups in total. The lowest BCUT2D eigenvalue weighted by molar-refractivity contribution is -0.115. The van der Waals surface area contributed by atoms with Gasteiger partial charge in [-0.3, -0.25) is 10.1 Å². The van der Waals surface area contributed by atoms with E-state index in [2.05, 4.69) is 15.5 Å². The number of halogens is 1. The van der Waals surface area contributed by atoms with Gasteiger partial charge < -0.3 is 0 Å². The van der Waals surface area contributed by atoms with Crippen molar-refractivity contribution in [1.82, 2.24) is 10.2 Å². The van der Waals surface area contributed by atoms with E-state index in [0.717, 1.165) is 10.8 Å². The van der Waals surface area contributed by atoms with Crippen LogP contribution < -0.4 is 5.32 Å². The molecule has 1 unspecified atom stereocenters. The smallest absolute Gasteiger partial charge is 0.243 e. The van der Waals surface area contributed by atoms with Gasteiger partial charge in [-0.1, -0.05) is 29.5 Å². The molecule has 0 radical (unpaired) electrons. The molecular weight excluding hydrogens is 302 g/mol. The molecule has 2 aromatic rings. The number of carbonyl (C=O) groups is 1. The first kappa shape index (κ1) is 14.3. The maximum atomic E-state index is 11.4. The van der Waals surface area contributed by atoms with Crippen molar-refractivity contribution < 1.29 is 4.79 Å². The second-order valence-corrected chi connectivity index (χ2v) is 6.47. The van der Waals surface area contributed by atoms with Gasteiger partial charge in [-0.25, -0.2) is 0 Å². The monoisotopic (exact) mass is 313 g/mol. The van der Waals surface area contributed by atoms with Crippen molar-refractivity contribution in [3.05, 3.63) is 35.3 Å². The van der Waals surface area contributed by atoms with E-state index in [1.54, 1.807) is 18.7 Å². The maximum Gasteiger partial charge on any atom is 0.243 e. The molecule has 1 atom stereocenters. The zero-order chi connectivity index (χ0) is 13.7. The van der Waals surface area contributed by atoms with Crippen LogP contribution in [-0.4, -0.2) is 21.5 Å². The molecule has 0 spiro atoms. The van der Waals surface area contributed by atoms with E-state index in [0.29, 0.717) is 5.13 Å². The Labute approximate surface area is 124 Å². The largest absolute Gasteiger partial charge is 0.299 e. The number of hydrogen-bond acceptors (Lipinski definition) is 5. The highest BCUT2D eigenvalue weighted by molar-refractivity contribution is 7.98. The molecule has 0 saturated carbocycles. The van der Waals surface area contributed by atoms with Gasteiger partial charge in [0, 0.05) is 4.90 Å². The summed E-state index contributed by atoms with van der Waals surface area (Å²) in [6, 6.07) is 10.1. The first-order valence-electron chi connectivity index (χ1n) is 5.60. The minimum Gasteiger partial charge on any atom is -0.299 e. The second-order valence-electron chi connectivity index (χ2n) is 3.71. The Bertz CT molecular complexity index is 545. The van der Waals surface area contributed by atoms with Gasteiger partial charge in [-0.2, -0.15) is 0 Å². The van der Waals surface area contributed by atoms with E-state index in [9.17, 15) is 4.79 Å². The van der Waals surface area contributed by atoms with Crippen LogP contribution in [0.1, 0.15) is 11.9 Å². The van der Waals surface area contributed by atoms with E-state index in [-0.39, 0.29) is 5.91 Å². The van der Waals surface area contributed by atoms with Crippen LogP contribution in [0.3, 0.4) is 0 Å². The molecule has 100 valence electrons. The predicted molar refractivity (Wildman–Crippen MR) is 79.9 cm³/mol. The number of carbonyl (C=O) groups excluding carboxylic acids is 1. The molecule has 1 amide bonds. The molecule has 4 nitrogen and oxygen atoms in total. The molecule has 1 heterocycles. The summed E-state index contributed by atoms with van der Waals surface area (Å²) in [5, 5.41) is 11.4. The Morgan fingerprint density at radius 1 is 1.42 bits per heavy atom. The first-order valence-corrected chi connectivity index (χ1v) is 7.84. The molecule has 0 saturated heterocycles. The van der Waals surface area contributed by atoms with Crippen molar-refractivity contribution in [2.45, 2.75) is 22.9 Å². The van der Waals surface area contributed by atoms with Crippen LogP contribution in [-0.2, 0) is 10.5 Å². The molecule has 2 rings (SSSR count). The predicted octanol–water partition coefficient (Wildman–Crippen LogP) is 3.40. The standard InChI is InChI=1S/C12H12ClN3OS2/c1-8(13)11(17)14-12-16-15-10(19-12)7-18-9-5-3-2-4-6-9/h2-6,8H,7H2,1H3,(H,14,16,17). The molecule has 19 heavy (non-hydrogen) atoms. The summed E-state index contributed by atoms with van der Waals surface area (Å²) in [4.78, 5) is 12.6. The van der Waals surface area contributed by atoms with Crippen LogP contribution in [0.15, 0.2) is 35.2 Å².